The molecule has 0 aliphatic heterocycles. The number of methoxy groups -OCH3 is 1. The quantitative estimate of drug-likeness (QED) is 0.439. The van der Waals surface area contributed by atoms with Crippen LogP contribution in [0.2, 0.25) is 5.02 Å². The second-order valence-electron chi connectivity index (χ2n) is 7.35. The summed E-state index contributed by atoms with van der Waals surface area (Å²) in [6.07, 6.45) is 3.05. The molecule has 2 aromatic carbocycles. The number of amides is 1. The molecule has 0 bridgehead atoms. The molecule has 0 aliphatic carbocycles. The van der Waals surface area contributed by atoms with Crippen molar-refractivity contribution in [1.29, 1.82) is 0 Å². The fourth-order valence-electron chi connectivity index (χ4n) is 2.68. The van der Waals surface area contributed by atoms with Crippen molar-refractivity contribution in [2.75, 3.05) is 17.1 Å². The maximum absolute atomic E-state index is 13.0. The number of ether oxygens (including phenoxy) is 1. The first kappa shape index (κ1) is 25.5. The Hall–Kier alpha value is -2.72. The third-order valence-corrected chi connectivity index (χ3v) is 6.21. The Kier molecular flexibility index (Phi) is 7.84. The van der Waals surface area contributed by atoms with E-state index in [0.717, 1.165) is 5.56 Å². The Labute approximate surface area is 197 Å². The third kappa shape index (κ3) is 5.74. The van der Waals surface area contributed by atoms with Crippen molar-refractivity contribution in [1.82, 2.24) is 0 Å². The van der Waals surface area contributed by atoms with Crippen LogP contribution in [0.3, 0.4) is 0 Å². The number of carbonyl (C=O) groups is 1. The fraction of sp³-hybridized carbons (Fsp3) is 0.190. The zero-order valence-electron chi connectivity index (χ0n) is 17.5. The highest BCUT2D eigenvalue weighted by Crippen LogP contribution is 2.33. The number of nitrogens with two attached hydrogens (primary N) is 1. The largest absolute Gasteiger partial charge is 0.495 e. The lowest BCUT2D eigenvalue weighted by molar-refractivity contribution is -0.120. The summed E-state index contributed by atoms with van der Waals surface area (Å²) in [5, 5.41) is 2.69. The molecule has 3 aromatic rings. The molecule has 0 atom stereocenters. The normalized spacial score (nSPS) is 11.4. The summed E-state index contributed by atoms with van der Waals surface area (Å²) in [6.45, 7) is 3.12. The lowest BCUT2D eigenvalue weighted by Gasteiger charge is -2.19. The summed E-state index contributed by atoms with van der Waals surface area (Å²) in [4.78, 5) is 12.0. The van der Waals surface area contributed by atoms with Gasteiger partial charge in [0.1, 0.15) is 10.6 Å². The minimum atomic E-state index is -4.06. The van der Waals surface area contributed by atoms with Gasteiger partial charge >= 0.3 is 0 Å². The smallest absolute Gasteiger partial charge is 0.263 e. The summed E-state index contributed by atoms with van der Waals surface area (Å²) in [5.41, 5.74) is 6.65. The molecule has 0 aliphatic rings. The number of furan rings is 1. The predicted molar refractivity (Wildman–Crippen MR) is 127 cm³/mol. The first-order valence-corrected chi connectivity index (χ1v) is 11.0. The zero-order chi connectivity index (χ0) is 22.8. The van der Waals surface area contributed by atoms with Gasteiger partial charge in [-0.3, -0.25) is 9.52 Å². The first-order chi connectivity index (χ1) is 14.5. The van der Waals surface area contributed by atoms with Crippen molar-refractivity contribution in [3.8, 4) is 16.9 Å². The van der Waals surface area contributed by atoms with Crippen molar-refractivity contribution in [2.45, 2.75) is 24.3 Å². The minimum absolute atomic E-state index is 0. The Morgan fingerprint density at radius 1 is 1.12 bits per heavy atom. The molecule has 1 amide bonds. The van der Waals surface area contributed by atoms with Crippen LogP contribution in [0, 0.1) is 0 Å². The van der Waals surface area contributed by atoms with Gasteiger partial charge in [-0.15, -0.1) is 12.4 Å². The molecule has 0 fully saturated rings. The number of anilines is 2. The predicted octanol–water partition coefficient (Wildman–Crippen LogP) is 4.51. The highest BCUT2D eigenvalue weighted by Gasteiger charge is 2.24. The Morgan fingerprint density at radius 2 is 1.84 bits per heavy atom. The van der Waals surface area contributed by atoms with E-state index in [9.17, 15) is 13.2 Å². The molecule has 1 heterocycles. The highest BCUT2D eigenvalue weighted by atomic mass is 35.5. The molecular weight excluding hydrogens is 477 g/mol. The number of hydrogen-bond donors (Lipinski definition) is 3. The van der Waals surface area contributed by atoms with E-state index in [1.54, 1.807) is 32.0 Å². The van der Waals surface area contributed by atoms with Crippen LogP contribution in [0.5, 0.6) is 5.75 Å². The molecule has 172 valence electrons. The Balaban J connectivity index is 0.00000363. The summed E-state index contributed by atoms with van der Waals surface area (Å²) >= 11 is 6.27. The van der Waals surface area contributed by atoms with E-state index in [4.69, 9.17) is 26.5 Å². The molecule has 0 radical (unpaired) electrons. The number of carbonyl (C=O) groups excluding carboxylic acids is 1. The van der Waals surface area contributed by atoms with Crippen LogP contribution < -0.4 is 20.5 Å². The van der Waals surface area contributed by atoms with E-state index in [1.165, 1.54) is 43.9 Å². The van der Waals surface area contributed by atoms with Crippen LogP contribution in [0.4, 0.5) is 11.4 Å². The summed E-state index contributed by atoms with van der Waals surface area (Å²) in [6, 6.07) is 10.9. The van der Waals surface area contributed by atoms with Crippen LogP contribution in [-0.4, -0.2) is 27.0 Å². The van der Waals surface area contributed by atoms with Gasteiger partial charge in [0, 0.05) is 11.3 Å². The summed E-state index contributed by atoms with van der Waals surface area (Å²) < 4.78 is 38.8. The van der Waals surface area contributed by atoms with E-state index in [2.05, 4.69) is 10.0 Å². The van der Waals surface area contributed by atoms with Crippen molar-refractivity contribution in [3.05, 3.63) is 60.0 Å². The fourth-order valence-corrected chi connectivity index (χ4v) is 4.29. The number of hydrogen-bond acceptors (Lipinski definition) is 6. The zero-order valence-corrected chi connectivity index (χ0v) is 19.9. The molecule has 8 nitrogen and oxygen atoms in total. The van der Waals surface area contributed by atoms with E-state index < -0.39 is 21.5 Å². The molecule has 32 heavy (non-hydrogen) atoms. The molecule has 11 heteroatoms. The summed E-state index contributed by atoms with van der Waals surface area (Å²) in [5.74, 6) is -0.163. The molecule has 0 saturated heterocycles. The van der Waals surface area contributed by atoms with Crippen LogP contribution in [0.15, 0.2) is 64.3 Å². The summed E-state index contributed by atoms with van der Waals surface area (Å²) in [7, 11) is -2.65. The third-order valence-electron chi connectivity index (χ3n) is 4.36. The minimum Gasteiger partial charge on any atom is -0.495 e. The molecule has 4 N–H and O–H groups in total. The van der Waals surface area contributed by atoms with Gasteiger partial charge in [-0.25, -0.2) is 8.42 Å². The van der Waals surface area contributed by atoms with E-state index >= 15 is 0 Å². The van der Waals surface area contributed by atoms with Crippen molar-refractivity contribution in [2.24, 2.45) is 5.73 Å². The highest BCUT2D eigenvalue weighted by molar-refractivity contribution is 7.92. The van der Waals surface area contributed by atoms with Crippen molar-refractivity contribution >= 4 is 51.3 Å². The number of benzene rings is 2. The Bertz CT molecular complexity index is 1210. The maximum atomic E-state index is 13.0. The van der Waals surface area contributed by atoms with Gasteiger partial charge < -0.3 is 20.2 Å². The van der Waals surface area contributed by atoms with Gasteiger partial charge in [0.05, 0.1) is 35.9 Å². The number of nitrogens with one attached hydrogen (secondary N) is 2. The maximum Gasteiger partial charge on any atom is 0.263 e. The monoisotopic (exact) mass is 499 g/mol. The van der Waals surface area contributed by atoms with Crippen LogP contribution >= 0.6 is 24.0 Å². The van der Waals surface area contributed by atoms with Crippen molar-refractivity contribution < 1.29 is 22.4 Å². The average Bonchev–Trinajstić information content (AvgIpc) is 3.21. The van der Waals surface area contributed by atoms with Crippen molar-refractivity contribution in [3.63, 3.8) is 0 Å². The van der Waals surface area contributed by atoms with Gasteiger partial charge in [0.15, 0.2) is 0 Å². The second-order valence-corrected chi connectivity index (χ2v) is 9.41. The lowest BCUT2D eigenvalue weighted by Crippen LogP contribution is -2.45. The Morgan fingerprint density at radius 3 is 2.41 bits per heavy atom. The molecule has 3 rings (SSSR count). The molecule has 0 unspecified atom stereocenters. The van der Waals surface area contributed by atoms with Crippen LogP contribution in [0.25, 0.3) is 11.1 Å². The van der Waals surface area contributed by atoms with Gasteiger partial charge in [-0.2, -0.15) is 0 Å². The topological polar surface area (TPSA) is 124 Å². The molecular formula is C21H23Cl2N3O5S. The van der Waals surface area contributed by atoms with Gasteiger partial charge in [-0.1, -0.05) is 17.7 Å². The van der Waals surface area contributed by atoms with E-state index in [1.807, 2.05) is 0 Å². The molecule has 0 spiro atoms. The molecule has 1 aromatic heterocycles. The molecule has 0 saturated carbocycles. The second kappa shape index (κ2) is 9.83. The lowest BCUT2D eigenvalue weighted by atomic mass is 10.1. The van der Waals surface area contributed by atoms with E-state index in [0.29, 0.717) is 11.3 Å². The number of sulfonamides is 1. The number of halogens is 2. The van der Waals surface area contributed by atoms with Gasteiger partial charge in [-0.05, 0) is 55.8 Å². The standard InChI is InChI=1S/C21H22ClN3O5S.ClH/c1-21(2,23)20(26)24-15-5-6-18(29-3)17(11-15)25-31(27,28)19-7-4-13(10-16(19)22)14-8-9-30-12-14;/h4-12,25H,23H2,1-3H3,(H,24,26);1H. The SMILES string of the molecule is COc1ccc(NC(=O)C(C)(C)N)cc1NS(=O)(=O)c1ccc(-c2ccoc2)cc1Cl.Cl. The first-order valence-electron chi connectivity index (χ1n) is 9.14. The van der Waals surface area contributed by atoms with Gasteiger partial charge in [0.25, 0.3) is 10.0 Å². The van der Waals surface area contributed by atoms with E-state index in [-0.39, 0.29) is 33.8 Å². The number of rotatable bonds is 7. The van der Waals surface area contributed by atoms with Crippen LogP contribution in [0.1, 0.15) is 13.8 Å². The van der Waals surface area contributed by atoms with Gasteiger partial charge in [0.2, 0.25) is 5.91 Å². The average molecular weight is 500 g/mol. The van der Waals surface area contributed by atoms with Crippen LogP contribution in [-0.2, 0) is 14.8 Å².